The standard InChI is InChI=1S/C16H20N4O.HI/c1-17-16(20-9-5-6-10-20)18-12-14-11-15(21-19-14)13-7-3-2-4-8-13;/h2-4,7-8,11H,5-6,9-10,12H2,1H3,(H,17,18);1H. The molecule has 1 aromatic carbocycles. The van der Waals surface area contributed by atoms with Gasteiger partial charge in [0.15, 0.2) is 11.7 Å². The molecule has 5 nitrogen and oxygen atoms in total. The summed E-state index contributed by atoms with van der Waals surface area (Å²) >= 11 is 0. The molecule has 118 valence electrons. The van der Waals surface area contributed by atoms with Crippen LogP contribution in [0.1, 0.15) is 18.5 Å². The Labute approximate surface area is 147 Å². The predicted molar refractivity (Wildman–Crippen MR) is 98.4 cm³/mol. The largest absolute Gasteiger partial charge is 0.356 e. The van der Waals surface area contributed by atoms with Crippen LogP contribution in [0.15, 0.2) is 45.9 Å². The third kappa shape index (κ3) is 4.00. The number of hydrogen-bond donors (Lipinski definition) is 1. The van der Waals surface area contributed by atoms with Crippen LogP contribution >= 0.6 is 24.0 Å². The van der Waals surface area contributed by atoms with Crippen molar-refractivity contribution in [2.45, 2.75) is 19.4 Å². The molecule has 1 aliphatic heterocycles. The molecule has 1 saturated heterocycles. The third-order valence-corrected chi connectivity index (χ3v) is 3.66. The molecule has 0 radical (unpaired) electrons. The number of aliphatic imine (C=N–C) groups is 1. The first-order chi connectivity index (χ1) is 10.4. The molecule has 0 saturated carbocycles. The minimum atomic E-state index is 0. The van der Waals surface area contributed by atoms with Crippen molar-refractivity contribution >= 4 is 29.9 Å². The molecule has 0 bridgehead atoms. The smallest absolute Gasteiger partial charge is 0.193 e. The molecule has 3 rings (SSSR count). The zero-order chi connectivity index (χ0) is 14.5. The van der Waals surface area contributed by atoms with E-state index in [1.807, 2.05) is 43.4 Å². The van der Waals surface area contributed by atoms with Crippen LogP contribution in [0.3, 0.4) is 0 Å². The van der Waals surface area contributed by atoms with E-state index in [2.05, 4.69) is 20.4 Å². The van der Waals surface area contributed by atoms with Crippen LogP contribution in [0, 0.1) is 0 Å². The van der Waals surface area contributed by atoms with E-state index in [0.717, 1.165) is 36.1 Å². The van der Waals surface area contributed by atoms with E-state index in [9.17, 15) is 0 Å². The first-order valence-electron chi connectivity index (χ1n) is 7.33. The summed E-state index contributed by atoms with van der Waals surface area (Å²) in [6, 6.07) is 12.0. The van der Waals surface area contributed by atoms with E-state index >= 15 is 0 Å². The molecular weight excluding hydrogens is 391 g/mol. The summed E-state index contributed by atoms with van der Waals surface area (Å²) in [5, 5.41) is 7.46. The van der Waals surface area contributed by atoms with Gasteiger partial charge >= 0.3 is 0 Å². The van der Waals surface area contributed by atoms with E-state index in [0.29, 0.717) is 6.54 Å². The van der Waals surface area contributed by atoms with E-state index < -0.39 is 0 Å². The van der Waals surface area contributed by atoms with Gasteiger partial charge < -0.3 is 14.7 Å². The normalized spacial score (nSPS) is 14.8. The average Bonchev–Trinajstić information content (AvgIpc) is 3.20. The molecule has 0 atom stereocenters. The molecule has 1 aliphatic rings. The number of aromatic nitrogens is 1. The summed E-state index contributed by atoms with van der Waals surface area (Å²) in [6.45, 7) is 2.78. The molecule has 0 spiro atoms. The fraction of sp³-hybridized carbons (Fsp3) is 0.375. The molecular formula is C16H21IN4O. The van der Waals surface area contributed by atoms with Gasteiger partial charge in [0.25, 0.3) is 0 Å². The number of nitrogens with zero attached hydrogens (tertiary/aromatic N) is 3. The van der Waals surface area contributed by atoms with Crippen LogP contribution in [0.5, 0.6) is 0 Å². The number of benzene rings is 1. The average molecular weight is 412 g/mol. The van der Waals surface area contributed by atoms with Crippen LogP contribution in [0.25, 0.3) is 11.3 Å². The molecule has 1 N–H and O–H groups in total. The maximum absolute atomic E-state index is 5.40. The van der Waals surface area contributed by atoms with Gasteiger partial charge in [-0.3, -0.25) is 4.99 Å². The third-order valence-electron chi connectivity index (χ3n) is 3.66. The Morgan fingerprint density at radius 1 is 1.27 bits per heavy atom. The number of hydrogen-bond acceptors (Lipinski definition) is 3. The topological polar surface area (TPSA) is 53.7 Å². The number of rotatable bonds is 3. The maximum atomic E-state index is 5.40. The summed E-state index contributed by atoms with van der Waals surface area (Å²) in [7, 11) is 1.82. The van der Waals surface area contributed by atoms with Gasteiger partial charge in [0.2, 0.25) is 0 Å². The predicted octanol–water partition coefficient (Wildman–Crippen LogP) is 3.13. The summed E-state index contributed by atoms with van der Waals surface area (Å²) in [6.07, 6.45) is 2.48. The van der Waals surface area contributed by atoms with Gasteiger partial charge in [-0.15, -0.1) is 24.0 Å². The minimum absolute atomic E-state index is 0. The molecule has 22 heavy (non-hydrogen) atoms. The number of nitrogens with one attached hydrogen (secondary N) is 1. The lowest BCUT2D eigenvalue weighted by molar-refractivity contribution is 0.421. The molecule has 6 heteroatoms. The summed E-state index contributed by atoms with van der Waals surface area (Å²) in [4.78, 5) is 6.60. The highest BCUT2D eigenvalue weighted by atomic mass is 127. The summed E-state index contributed by atoms with van der Waals surface area (Å²) < 4.78 is 5.40. The van der Waals surface area contributed by atoms with E-state index in [-0.39, 0.29) is 24.0 Å². The highest BCUT2D eigenvalue weighted by molar-refractivity contribution is 14.0. The quantitative estimate of drug-likeness (QED) is 0.478. The molecule has 0 amide bonds. The van der Waals surface area contributed by atoms with Gasteiger partial charge in [-0.1, -0.05) is 35.5 Å². The zero-order valence-corrected chi connectivity index (χ0v) is 15.0. The molecule has 0 unspecified atom stereocenters. The molecule has 1 aromatic heterocycles. The first-order valence-corrected chi connectivity index (χ1v) is 7.33. The lowest BCUT2D eigenvalue weighted by Gasteiger charge is -2.20. The Morgan fingerprint density at radius 3 is 2.68 bits per heavy atom. The molecule has 0 aliphatic carbocycles. The maximum Gasteiger partial charge on any atom is 0.193 e. The zero-order valence-electron chi connectivity index (χ0n) is 12.7. The van der Waals surface area contributed by atoms with Crippen molar-refractivity contribution in [2.75, 3.05) is 20.1 Å². The Kier molecular flexibility index (Phi) is 6.23. The van der Waals surface area contributed by atoms with Crippen molar-refractivity contribution in [1.29, 1.82) is 0 Å². The Balaban J connectivity index is 0.00000176. The fourth-order valence-electron chi connectivity index (χ4n) is 2.56. The Bertz CT molecular complexity index is 606. The van der Waals surface area contributed by atoms with Crippen LogP contribution in [-0.2, 0) is 6.54 Å². The molecule has 2 heterocycles. The minimum Gasteiger partial charge on any atom is -0.356 e. The van der Waals surface area contributed by atoms with Gasteiger partial charge in [0.1, 0.15) is 5.69 Å². The van der Waals surface area contributed by atoms with E-state index in [1.54, 1.807) is 0 Å². The molecule has 2 aromatic rings. The Hall–Kier alpha value is -1.57. The highest BCUT2D eigenvalue weighted by Crippen LogP contribution is 2.19. The lowest BCUT2D eigenvalue weighted by Crippen LogP contribution is -2.39. The van der Waals surface area contributed by atoms with Crippen LogP contribution in [0.4, 0.5) is 0 Å². The van der Waals surface area contributed by atoms with Gasteiger partial charge in [-0.05, 0) is 12.8 Å². The van der Waals surface area contributed by atoms with Crippen LogP contribution < -0.4 is 5.32 Å². The van der Waals surface area contributed by atoms with Gasteiger partial charge in [-0.25, -0.2) is 0 Å². The first kappa shape index (κ1) is 16.8. The van der Waals surface area contributed by atoms with Gasteiger partial charge in [-0.2, -0.15) is 0 Å². The lowest BCUT2D eigenvalue weighted by atomic mass is 10.2. The van der Waals surface area contributed by atoms with E-state index in [4.69, 9.17) is 4.52 Å². The van der Waals surface area contributed by atoms with Crippen molar-refractivity contribution in [3.05, 3.63) is 42.1 Å². The highest BCUT2D eigenvalue weighted by Gasteiger charge is 2.16. The Morgan fingerprint density at radius 2 is 2.00 bits per heavy atom. The summed E-state index contributed by atoms with van der Waals surface area (Å²) in [5.41, 5.74) is 1.93. The second kappa shape index (κ2) is 8.17. The van der Waals surface area contributed by atoms with Crippen molar-refractivity contribution < 1.29 is 4.52 Å². The SMILES string of the molecule is CN=C(NCc1cc(-c2ccccc2)on1)N1CCCC1.I. The van der Waals surface area contributed by atoms with Crippen molar-refractivity contribution in [2.24, 2.45) is 4.99 Å². The second-order valence-corrected chi connectivity index (χ2v) is 5.14. The fourth-order valence-corrected chi connectivity index (χ4v) is 2.56. The van der Waals surface area contributed by atoms with Crippen LogP contribution in [-0.4, -0.2) is 36.2 Å². The number of likely N-dealkylation sites (tertiary alicyclic amines) is 1. The van der Waals surface area contributed by atoms with E-state index in [1.165, 1.54) is 12.8 Å². The second-order valence-electron chi connectivity index (χ2n) is 5.14. The van der Waals surface area contributed by atoms with Gasteiger partial charge in [0.05, 0.1) is 6.54 Å². The van der Waals surface area contributed by atoms with Crippen molar-refractivity contribution in [3.8, 4) is 11.3 Å². The van der Waals surface area contributed by atoms with Crippen molar-refractivity contribution in [3.63, 3.8) is 0 Å². The monoisotopic (exact) mass is 412 g/mol. The summed E-state index contributed by atoms with van der Waals surface area (Å²) in [5.74, 6) is 1.74. The molecule has 1 fully saturated rings. The van der Waals surface area contributed by atoms with Crippen LogP contribution in [0.2, 0.25) is 0 Å². The van der Waals surface area contributed by atoms with Crippen molar-refractivity contribution in [1.82, 2.24) is 15.4 Å². The number of halogens is 1. The van der Waals surface area contributed by atoms with Gasteiger partial charge in [0, 0.05) is 31.8 Å². The number of guanidine groups is 1.